The first-order chi connectivity index (χ1) is 11.6. The Labute approximate surface area is 165 Å². The van der Waals surface area contributed by atoms with E-state index in [1.54, 1.807) is 18.2 Å². The van der Waals surface area contributed by atoms with E-state index in [-0.39, 0.29) is 42.6 Å². The maximum atomic E-state index is 13.8. The second-order valence-electron chi connectivity index (χ2n) is 6.33. The molecule has 2 unspecified atom stereocenters. The average molecular weight is 404 g/mol. The number of hydrogen-bond donors (Lipinski definition) is 1. The summed E-state index contributed by atoms with van der Waals surface area (Å²) in [5.74, 6) is 0.953. The van der Waals surface area contributed by atoms with Crippen LogP contribution in [-0.4, -0.2) is 34.9 Å². The lowest BCUT2D eigenvalue weighted by Crippen LogP contribution is -2.34. The van der Waals surface area contributed by atoms with Crippen molar-refractivity contribution in [2.45, 2.75) is 32.2 Å². The highest BCUT2D eigenvalue weighted by atomic mass is 35.5. The molecule has 2 N–H and O–H groups in total. The summed E-state index contributed by atoms with van der Waals surface area (Å²) in [6, 6.07) is 6.62. The molecule has 26 heavy (non-hydrogen) atoms. The molecule has 0 spiro atoms. The van der Waals surface area contributed by atoms with Crippen LogP contribution in [0.15, 0.2) is 34.9 Å². The number of amides is 1. The molecule has 1 saturated heterocycles. The van der Waals surface area contributed by atoms with Gasteiger partial charge in [0.2, 0.25) is 5.91 Å². The molecule has 0 saturated carbocycles. The summed E-state index contributed by atoms with van der Waals surface area (Å²) >= 11 is 0. The average Bonchev–Trinajstić information content (AvgIpc) is 3.19. The van der Waals surface area contributed by atoms with Crippen LogP contribution in [0.3, 0.4) is 0 Å². The van der Waals surface area contributed by atoms with Gasteiger partial charge in [-0.05, 0) is 37.9 Å². The largest absolute Gasteiger partial charge is 0.441 e. The number of benzene rings is 1. The number of hydrogen-bond acceptors (Lipinski definition) is 4. The molecule has 1 aliphatic heterocycles. The first-order valence-electron chi connectivity index (χ1n) is 8.27. The van der Waals surface area contributed by atoms with Gasteiger partial charge in [0.1, 0.15) is 5.82 Å². The number of carbonyl (C=O) groups is 1. The third-order valence-electron chi connectivity index (χ3n) is 4.56. The molecule has 0 aliphatic carbocycles. The highest BCUT2D eigenvalue weighted by Crippen LogP contribution is 2.25. The summed E-state index contributed by atoms with van der Waals surface area (Å²) in [4.78, 5) is 18.4. The Balaban J connectivity index is 0.00000169. The summed E-state index contributed by atoms with van der Waals surface area (Å²) in [6.07, 6.45) is 3.20. The standard InChI is InChI=1S/C18H22FN3O2.2ClH/c1-12-8-13(9-20)11-22(12)18(23)7-6-17-21-10-16(24-17)14-4-2-3-5-15(14)19;;/h2-5,10,12-13H,6-9,11,20H2,1H3;2*1H. The van der Waals surface area contributed by atoms with Gasteiger partial charge in [-0.2, -0.15) is 0 Å². The van der Waals surface area contributed by atoms with Crippen molar-refractivity contribution < 1.29 is 13.6 Å². The number of oxazole rings is 1. The Kier molecular flexibility index (Phi) is 8.53. The minimum atomic E-state index is -0.352. The highest BCUT2D eigenvalue weighted by Gasteiger charge is 2.31. The molecule has 5 nitrogen and oxygen atoms in total. The Morgan fingerprint density at radius 3 is 2.77 bits per heavy atom. The van der Waals surface area contributed by atoms with E-state index < -0.39 is 0 Å². The van der Waals surface area contributed by atoms with Crippen molar-refractivity contribution in [3.8, 4) is 11.3 Å². The Morgan fingerprint density at radius 1 is 1.38 bits per heavy atom. The zero-order valence-corrected chi connectivity index (χ0v) is 16.2. The van der Waals surface area contributed by atoms with Crippen LogP contribution >= 0.6 is 24.8 Å². The number of nitrogens with zero attached hydrogens (tertiary/aromatic N) is 2. The van der Waals surface area contributed by atoms with Gasteiger partial charge in [0.05, 0.1) is 11.8 Å². The van der Waals surface area contributed by atoms with Crippen LogP contribution in [0.25, 0.3) is 11.3 Å². The predicted octanol–water partition coefficient (Wildman–Crippen LogP) is 3.45. The third kappa shape index (κ3) is 4.96. The van der Waals surface area contributed by atoms with Gasteiger partial charge in [-0.15, -0.1) is 24.8 Å². The van der Waals surface area contributed by atoms with Crippen molar-refractivity contribution in [1.29, 1.82) is 0 Å². The highest BCUT2D eigenvalue weighted by molar-refractivity contribution is 5.85. The number of carbonyl (C=O) groups excluding carboxylic acids is 1. The molecule has 3 rings (SSSR count). The Bertz CT molecular complexity index is 726. The minimum Gasteiger partial charge on any atom is -0.441 e. The number of likely N-dealkylation sites (tertiary alicyclic amines) is 1. The van der Waals surface area contributed by atoms with E-state index in [0.29, 0.717) is 42.5 Å². The lowest BCUT2D eigenvalue weighted by Gasteiger charge is -2.21. The molecule has 1 aromatic carbocycles. The summed E-state index contributed by atoms with van der Waals surface area (Å²) in [7, 11) is 0. The SMILES string of the molecule is CC1CC(CN)CN1C(=O)CCc1ncc(-c2ccccc2F)o1.Cl.Cl. The molecule has 1 amide bonds. The third-order valence-corrected chi connectivity index (χ3v) is 4.56. The first kappa shape index (κ1) is 22.4. The van der Waals surface area contributed by atoms with Gasteiger partial charge < -0.3 is 15.1 Å². The maximum Gasteiger partial charge on any atom is 0.223 e. The zero-order valence-electron chi connectivity index (χ0n) is 14.6. The van der Waals surface area contributed by atoms with E-state index in [0.717, 1.165) is 13.0 Å². The van der Waals surface area contributed by atoms with Gasteiger partial charge in [-0.3, -0.25) is 4.79 Å². The van der Waals surface area contributed by atoms with Crippen molar-refractivity contribution in [3.05, 3.63) is 42.2 Å². The number of aryl methyl sites for hydroxylation is 1. The molecule has 8 heteroatoms. The molecule has 2 aromatic rings. The Morgan fingerprint density at radius 2 is 2.12 bits per heavy atom. The summed E-state index contributed by atoms with van der Waals surface area (Å²) in [5.41, 5.74) is 6.08. The fourth-order valence-corrected chi connectivity index (χ4v) is 3.23. The summed E-state index contributed by atoms with van der Waals surface area (Å²) < 4.78 is 19.3. The summed E-state index contributed by atoms with van der Waals surface area (Å²) in [6.45, 7) is 3.39. The van der Waals surface area contributed by atoms with Crippen LogP contribution < -0.4 is 5.73 Å². The van der Waals surface area contributed by atoms with E-state index in [4.69, 9.17) is 10.2 Å². The van der Waals surface area contributed by atoms with Crippen molar-refractivity contribution in [1.82, 2.24) is 9.88 Å². The van der Waals surface area contributed by atoms with Crippen LogP contribution in [0.5, 0.6) is 0 Å². The van der Waals surface area contributed by atoms with Gasteiger partial charge in [0.25, 0.3) is 0 Å². The maximum absolute atomic E-state index is 13.8. The quantitative estimate of drug-likeness (QED) is 0.829. The second-order valence-corrected chi connectivity index (χ2v) is 6.33. The molecule has 1 aliphatic rings. The van der Waals surface area contributed by atoms with E-state index in [1.807, 2.05) is 4.90 Å². The van der Waals surface area contributed by atoms with E-state index >= 15 is 0 Å². The fourth-order valence-electron chi connectivity index (χ4n) is 3.23. The predicted molar refractivity (Wildman–Crippen MR) is 103 cm³/mol. The number of aromatic nitrogens is 1. The van der Waals surface area contributed by atoms with E-state index in [1.165, 1.54) is 12.3 Å². The minimum absolute atomic E-state index is 0. The zero-order chi connectivity index (χ0) is 17.1. The molecular weight excluding hydrogens is 380 g/mol. The van der Waals surface area contributed by atoms with Gasteiger partial charge >= 0.3 is 0 Å². The first-order valence-corrected chi connectivity index (χ1v) is 8.27. The van der Waals surface area contributed by atoms with Crippen LogP contribution in [0.1, 0.15) is 25.7 Å². The van der Waals surface area contributed by atoms with Crippen LogP contribution in [-0.2, 0) is 11.2 Å². The molecule has 0 radical (unpaired) electrons. The number of rotatable bonds is 5. The van der Waals surface area contributed by atoms with E-state index in [9.17, 15) is 9.18 Å². The number of nitrogens with two attached hydrogens (primary N) is 1. The van der Waals surface area contributed by atoms with Crippen LogP contribution in [0.4, 0.5) is 4.39 Å². The molecule has 2 heterocycles. The van der Waals surface area contributed by atoms with Crippen LogP contribution in [0, 0.1) is 11.7 Å². The molecular formula is C18H24Cl2FN3O2. The molecule has 2 atom stereocenters. The van der Waals surface area contributed by atoms with Crippen molar-refractivity contribution >= 4 is 30.7 Å². The second kappa shape index (κ2) is 9.90. The summed E-state index contributed by atoms with van der Waals surface area (Å²) in [5, 5.41) is 0. The van der Waals surface area contributed by atoms with Gasteiger partial charge in [-0.25, -0.2) is 9.37 Å². The molecule has 1 aromatic heterocycles. The van der Waals surface area contributed by atoms with Gasteiger partial charge in [0, 0.05) is 25.4 Å². The van der Waals surface area contributed by atoms with Crippen molar-refractivity contribution in [2.75, 3.05) is 13.1 Å². The van der Waals surface area contributed by atoms with E-state index in [2.05, 4.69) is 11.9 Å². The monoisotopic (exact) mass is 403 g/mol. The van der Waals surface area contributed by atoms with Crippen molar-refractivity contribution in [2.24, 2.45) is 11.7 Å². The molecule has 144 valence electrons. The Hall–Kier alpha value is -1.63. The number of halogens is 3. The lowest BCUT2D eigenvalue weighted by atomic mass is 10.1. The molecule has 0 bridgehead atoms. The van der Waals surface area contributed by atoms with Crippen molar-refractivity contribution in [3.63, 3.8) is 0 Å². The normalized spacial score (nSPS) is 19.0. The fraction of sp³-hybridized carbons (Fsp3) is 0.444. The topological polar surface area (TPSA) is 72.4 Å². The van der Waals surface area contributed by atoms with Gasteiger partial charge in [0.15, 0.2) is 11.7 Å². The lowest BCUT2D eigenvalue weighted by molar-refractivity contribution is -0.131. The van der Waals surface area contributed by atoms with Crippen LogP contribution in [0.2, 0.25) is 0 Å². The smallest absolute Gasteiger partial charge is 0.223 e. The molecule has 1 fully saturated rings. The van der Waals surface area contributed by atoms with Gasteiger partial charge in [-0.1, -0.05) is 12.1 Å².